The number of carbonyl (C=O) groups is 2. The number of benzene rings is 1. The summed E-state index contributed by atoms with van der Waals surface area (Å²) in [4.78, 5) is 35.5. The van der Waals surface area contributed by atoms with Gasteiger partial charge < -0.3 is 21.3 Å². The molecule has 2 aromatic heterocycles. The van der Waals surface area contributed by atoms with Gasteiger partial charge in [0.1, 0.15) is 16.2 Å². The SMILES string of the molecule is CNC1(C(N)=O)CCN(c2ccccc2NC(=O)c2csc(-c3cccnc3)n2)CC1. The lowest BCUT2D eigenvalue weighted by Crippen LogP contribution is -2.59. The van der Waals surface area contributed by atoms with Crippen LogP contribution in [0.2, 0.25) is 0 Å². The summed E-state index contributed by atoms with van der Waals surface area (Å²) < 4.78 is 0. The number of amides is 2. The number of pyridine rings is 1. The van der Waals surface area contributed by atoms with Gasteiger partial charge in [0.2, 0.25) is 5.91 Å². The van der Waals surface area contributed by atoms with Crippen molar-refractivity contribution in [3.05, 3.63) is 59.9 Å². The predicted octanol–water partition coefficient (Wildman–Crippen LogP) is 2.50. The molecule has 31 heavy (non-hydrogen) atoms. The summed E-state index contributed by atoms with van der Waals surface area (Å²) in [5.74, 6) is -0.596. The first-order chi connectivity index (χ1) is 15.0. The van der Waals surface area contributed by atoms with Crippen LogP contribution in [0.5, 0.6) is 0 Å². The number of hydrogen-bond acceptors (Lipinski definition) is 7. The number of likely N-dealkylation sites (N-methyl/N-ethyl adjacent to an activating group) is 1. The molecule has 4 rings (SSSR count). The van der Waals surface area contributed by atoms with Crippen LogP contribution in [0, 0.1) is 0 Å². The molecular formula is C22H24N6O2S. The number of anilines is 2. The van der Waals surface area contributed by atoms with Crippen molar-refractivity contribution in [1.29, 1.82) is 0 Å². The van der Waals surface area contributed by atoms with Crippen molar-refractivity contribution in [1.82, 2.24) is 15.3 Å². The topological polar surface area (TPSA) is 113 Å². The molecule has 0 unspecified atom stereocenters. The molecule has 1 aliphatic heterocycles. The number of carbonyl (C=O) groups excluding carboxylic acids is 2. The standard InChI is InChI=1S/C22H24N6O2S/c1-24-22(21(23)30)8-11-28(12-9-22)18-7-3-2-6-16(18)26-19(29)17-14-31-20(27-17)15-5-4-10-25-13-15/h2-7,10,13-14,24H,8-9,11-12H2,1H3,(H2,23,30)(H,26,29). The van der Waals surface area contributed by atoms with Crippen molar-refractivity contribution in [2.75, 3.05) is 30.4 Å². The highest BCUT2D eigenvalue weighted by molar-refractivity contribution is 7.13. The first-order valence-electron chi connectivity index (χ1n) is 10.0. The monoisotopic (exact) mass is 436 g/mol. The number of rotatable bonds is 6. The largest absolute Gasteiger partial charge is 0.370 e. The molecule has 0 saturated carbocycles. The Bertz CT molecular complexity index is 1080. The second-order valence-corrected chi connectivity index (χ2v) is 8.29. The Labute approximate surface area is 184 Å². The van der Waals surface area contributed by atoms with E-state index in [4.69, 9.17) is 5.73 Å². The van der Waals surface area contributed by atoms with E-state index in [-0.39, 0.29) is 11.8 Å². The number of thiazole rings is 1. The summed E-state index contributed by atoms with van der Waals surface area (Å²) in [6.07, 6.45) is 4.62. The van der Waals surface area contributed by atoms with Crippen molar-refractivity contribution in [2.24, 2.45) is 5.73 Å². The third kappa shape index (κ3) is 4.28. The molecule has 3 heterocycles. The lowest BCUT2D eigenvalue weighted by atomic mass is 9.86. The van der Waals surface area contributed by atoms with Crippen molar-refractivity contribution < 1.29 is 9.59 Å². The predicted molar refractivity (Wildman–Crippen MR) is 122 cm³/mol. The van der Waals surface area contributed by atoms with Gasteiger partial charge in [0.25, 0.3) is 5.91 Å². The number of nitrogens with two attached hydrogens (primary N) is 1. The summed E-state index contributed by atoms with van der Waals surface area (Å²) in [6, 6.07) is 11.4. The zero-order valence-electron chi connectivity index (χ0n) is 17.2. The Morgan fingerprint density at radius 2 is 1.94 bits per heavy atom. The molecule has 0 spiro atoms. The van der Waals surface area contributed by atoms with Crippen molar-refractivity contribution >= 4 is 34.5 Å². The minimum Gasteiger partial charge on any atom is -0.370 e. The van der Waals surface area contributed by atoms with Gasteiger partial charge in [0.15, 0.2) is 0 Å². The molecule has 0 bridgehead atoms. The first-order valence-corrected chi connectivity index (χ1v) is 10.9. The van der Waals surface area contributed by atoms with Gasteiger partial charge in [-0.3, -0.25) is 14.6 Å². The molecule has 4 N–H and O–H groups in total. The van der Waals surface area contributed by atoms with Crippen LogP contribution in [0.3, 0.4) is 0 Å². The summed E-state index contributed by atoms with van der Waals surface area (Å²) in [5, 5.41) is 8.57. The van der Waals surface area contributed by atoms with E-state index in [1.807, 2.05) is 36.4 Å². The first kappa shape index (κ1) is 21.0. The van der Waals surface area contributed by atoms with Crippen LogP contribution in [-0.4, -0.2) is 47.5 Å². The van der Waals surface area contributed by atoms with E-state index in [0.717, 1.165) is 16.3 Å². The van der Waals surface area contributed by atoms with Crippen LogP contribution in [0.25, 0.3) is 10.6 Å². The highest BCUT2D eigenvalue weighted by Crippen LogP contribution is 2.32. The molecule has 1 aromatic carbocycles. The zero-order valence-corrected chi connectivity index (χ0v) is 18.0. The lowest BCUT2D eigenvalue weighted by Gasteiger charge is -2.41. The van der Waals surface area contributed by atoms with E-state index in [0.29, 0.717) is 37.3 Å². The van der Waals surface area contributed by atoms with Crippen LogP contribution >= 0.6 is 11.3 Å². The molecule has 0 aliphatic carbocycles. The smallest absolute Gasteiger partial charge is 0.275 e. The highest BCUT2D eigenvalue weighted by Gasteiger charge is 2.38. The number of nitrogens with zero attached hydrogens (tertiary/aromatic N) is 3. The Hall–Kier alpha value is -3.30. The minimum absolute atomic E-state index is 0.266. The van der Waals surface area contributed by atoms with E-state index in [1.54, 1.807) is 24.8 Å². The van der Waals surface area contributed by atoms with Crippen LogP contribution in [0.15, 0.2) is 54.2 Å². The van der Waals surface area contributed by atoms with Gasteiger partial charge >= 0.3 is 0 Å². The van der Waals surface area contributed by atoms with E-state index in [9.17, 15) is 9.59 Å². The average molecular weight is 437 g/mol. The number of hydrogen-bond donors (Lipinski definition) is 3. The van der Waals surface area contributed by atoms with E-state index >= 15 is 0 Å². The van der Waals surface area contributed by atoms with Gasteiger partial charge in [-0.25, -0.2) is 4.98 Å². The van der Waals surface area contributed by atoms with Crippen molar-refractivity contribution in [2.45, 2.75) is 18.4 Å². The Morgan fingerprint density at radius 3 is 2.61 bits per heavy atom. The van der Waals surface area contributed by atoms with Crippen LogP contribution in [0.1, 0.15) is 23.3 Å². The van der Waals surface area contributed by atoms with Crippen LogP contribution in [0.4, 0.5) is 11.4 Å². The van der Waals surface area contributed by atoms with Gasteiger partial charge in [-0.1, -0.05) is 12.1 Å². The van der Waals surface area contributed by atoms with Crippen LogP contribution in [-0.2, 0) is 4.79 Å². The molecule has 1 aliphatic rings. The number of piperidine rings is 1. The maximum atomic E-state index is 12.9. The average Bonchev–Trinajstić information content (AvgIpc) is 3.31. The number of para-hydroxylation sites is 2. The van der Waals surface area contributed by atoms with Crippen molar-refractivity contribution in [3.63, 3.8) is 0 Å². The fourth-order valence-electron chi connectivity index (χ4n) is 3.79. The number of aromatic nitrogens is 2. The maximum absolute atomic E-state index is 12.9. The molecule has 160 valence electrons. The van der Waals surface area contributed by atoms with Gasteiger partial charge in [-0.05, 0) is 44.2 Å². The minimum atomic E-state index is -0.683. The number of nitrogens with one attached hydrogen (secondary N) is 2. The summed E-state index contributed by atoms with van der Waals surface area (Å²) >= 11 is 1.41. The second kappa shape index (κ2) is 8.83. The fraction of sp³-hybridized carbons (Fsp3) is 0.273. The molecule has 2 amide bonds. The van der Waals surface area contributed by atoms with Crippen molar-refractivity contribution in [3.8, 4) is 10.6 Å². The molecular weight excluding hydrogens is 412 g/mol. The molecule has 1 saturated heterocycles. The maximum Gasteiger partial charge on any atom is 0.275 e. The molecule has 9 heteroatoms. The quantitative estimate of drug-likeness (QED) is 0.547. The normalized spacial score (nSPS) is 15.5. The highest BCUT2D eigenvalue weighted by atomic mass is 32.1. The van der Waals surface area contributed by atoms with E-state index in [1.165, 1.54) is 11.3 Å². The Balaban J connectivity index is 1.49. The number of primary amides is 1. The lowest BCUT2D eigenvalue weighted by molar-refractivity contribution is -0.125. The van der Waals surface area contributed by atoms with Gasteiger partial charge in [0.05, 0.1) is 11.4 Å². The third-order valence-electron chi connectivity index (χ3n) is 5.71. The molecule has 0 radical (unpaired) electrons. The zero-order chi connectivity index (χ0) is 21.8. The molecule has 3 aromatic rings. The third-order valence-corrected chi connectivity index (χ3v) is 6.60. The summed E-state index contributed by atoms with van der Waals surface area (Å²) in [6.45, 7) is 1.30. The van der Waals surface area contributed by atoms with E-state index in [2.05, 4.69) is 25.5 Å². The van der Waals surface area contributed by atoms with Gasteiger partial charge in [-0.15, -0.1) is 11.3 Å². The molecule has 1 fully saturated rings. The Kier molecular flexibility index (Phi) is 5.97. The van der Waals surface area contributed by atoms with E-state index < -0.39 is 5.54 Å². The summed E-state index contributed by atoms with van der Waals surface area (Å²) in [5.41, 5.74) is 7.79. The Morgan fingerprint density at radius 1 is 1.16 bits per heavy atom. The van der Waals surface area contributed by atoms with Gasteiger partial charge in [0, 0.05) is 36.4 Å². The summed E-state index contributed by atoms with van der Waals surface area (Å²) in [7, 11) is 1.77. The molecule has 8 nitrogen and oxygen atoms in total. The molecule has 0 atom stereocenters. The second-order valence-electron chi connectivity index (χ2n) is 7.43. The van der Waals surface area contributed by atoms with Gasteiger partial charge in [-0.2, -0.15) is 0 Å². The van der Waals surface area contributed by atoms with Crippen LogP contribution < -0.4 is 21.3 Å². The fourth-order valence-corrected chi connectivity index (χ4v) is 4.58.